The highest BCUT2D eigenvalue weighted by atomic mass is 16.3. The molecule has 0 aliphatic carbocycles. The monoisotopic (exact) mass is 152 g/mol. The van der Waals surface area contributed by atoms with Crippen LogP contribution < -0.4 is 0 Å². The lowest BCUT2D eigenvalue weighted by Gasteiger charge is -2.01. The van der Waals surface area contributed by atoms with Crippen molar-refractivity contribution in [1.82, 2.24) is 9.97 Å². The van der Waals surface area contributed by atoms with Gasteiger partial charge in [-0.15, -0.1) is 0 Å². The molecular formula is C8H12N2O. The predicted octanol–water partition coefficient (Wildman–Crippen LogP) is 0.790. The van der Waals surface area contributed by atoms with Crippen molar-refractivity contribution in [3.63, 3.8) is 0 Å². The van der Waals surface area contributed by atoms with Gasteiger partial charge in [-0.1, -0.05) is 0 Å². The summed E-state index contributed by atoms with van der Waals surface area (Å²) < 4.78 is 0. The minimum Gasteiger partial charge on any atom is -0.393 e. The van der Waals surface area contributed by atoms with Crippen molar-refractivity contribution in [2.75, 3.05) is 0 Å². The number of aliphatic hydroxyl groups is 1. The van der Waals surface area contributed by atoms with Crippen LogP contribution in [0.3, 0.4) is 0 Å². The molecule has 0 aliphatic heterocycles. The van der Waals surface area contributed by atoms with E-state index in [4.69, 9.17) is 5.11 Å². The van der Waals surface area contributed by atoms with Crippen LogP contribution in [0.2, 0.25) is 0 Å². The van der Waals surface area contributed by atoms with Gasteiger partial charge in [-0.05, 0) is 19.8 Å². The lowest BCUT2D eigenvalue weighted by Crippen LogP contribution is -2.02. The van der Waals surface area contributed by atoms with Gasteiger partial charge in [0, 0.05) is 18.6 Å². The van der Waals surface area contributed by atoms with E-state index in [-0.39, 0.29) is 6.10 Å². The lowest BCUT2D eigenvalue weighted by molar-refractivity contribution is 0.184. The number of aryl methyl sites for hydroxylation is 1. The van der Waals surface area contributed by atoms with Gasteiger partial charge in [-0.3, -0.25) is 9.97 Å². The van der Waals surface area contributed by atoms with E-state index in [1.54, 1.807) is 25.5 Å². The van der Waals surface area contributed by atoms with Gasteiger partial charge in [0.1, 0.15) is 0 Å². The Kier molecular flexibility index (Phi) is 2.98. The molecule has 0 unspecified atom stereocenters. The van der Waals surface area contributed by atoms with Crippen molar-refractivity contribution < 1.29 is 5.11 Å². The molecule has 0 bridgehead atoms. The summed E-state index contributed by atoms with van der Waals surface area (Å²) in [4.78, 5) is 8.00. The van der Waals surface area contributed by atoms with Crippen molar-refractivity contribution in [2.24, 2.45) is 0 Å². The van der Waals surface area contributed by atoms with Gasteiger partial charge in [0.25, 0.3) is 0 Å². The van der Waals surface area contributed by atoms with Gasteiger partial charge in [-0.2, -0.15) is 0 Å². The van der Waals surface area contributed by atoms with E-state index < -0.39 is 0 Å². The molecule has 1 aromatic rings. The van der Waals surface area contributed by atoms with Gasteiger partial charge in [-0.25, -0.2) is 0 Å². The molecule has 1 N–H and O–H groups in total. The minimum absolute atomic E-state index is 0.253. The first-order valence-electron chi connectivity index (χ1n) is 3.72. The summed E-state index contributed by atoms with van der Waals surface area (Å²) in [5, 5.41) is 8.97. The molecule has 0 saturated heterocycles. The number of aliphatic hydroxyl groups excluding tert-OH is 1. The summed E-state index contributed by atoms with van der Waals surface area (Å²) in [6, 6.07) is 0. The summed E-state index contributed by atoms with van der Waals surface area (Å²) in [6.45, 7) is 1.77. The molecule has 3 nitrogen and oxygen atoms in total. The number of aromatic nitrogens is 2. The van der Waals surface area contributed by atoms with Crippen LogP contribution in [0.15, 0.2) is 18.6 Å². The van der Waals surface area contributed by atoms with Crippen LogP contribution in [0.5, 0.6) is 0 Å². The molecule has 3 heteroatoms. The fourth-order valence-electron chi connectivity index (χ4n) is 0.816. The zero-order chi connectivity index (χ0) is 8.10. The third kappa shape index (κ3) is 3.09. The number of hydrogen-bond donors (Lipinski definition) is 1. The Balaban J connectivity index is 2.39. The number of nitrogens with zero attached hydrogens (tertiary/aromatic N) is 2. The highest BCUT2D eigenvalue weighted by molar-refractivity contribution is 4.94. The lowest BCUT2D eigenvalue weighted by atomic mass is 10.2. The van der Waals surface area contributed by atoms with Crippen LogP contribution in [-0.2, 0) is 6.42 Å². The topological polar surface area (TPSA) is 46.0 Å². The fourth-order valence-corrected chi connectivity index (χ4v) is 0.816. The maximum Gasteiger partial charge on any atom is 0.0587 e. The highest BCUT2D eigenvalue weighted by Gasteiger charge is 1.97. The van der Waals surface area contributed by atoms with E-state index in [0.717, 1.165) is 18.5 Å². The Morgan fingerprint density at radius 2 is 2.36 bits per heavy atom. The Hall–Kier alpha value is -0.960. The molecule has 1 rings (SSSR count). The largest absolute Gasteiger partial charge is 0.393 e. The fraction of sp³-hybridized carbons (Fsp3) is 0.500. The van der Waals surface area contributed by atoms with Gasteiger partial charge in [0.2, 0.25) is 0 Å². The molecule has 1 heterocycles. The highest BCUT2D eigenvalue weighted by Crippen LogP contribution is 1.98. The zero-order valence-electron chi connectivity index (χ0n) is 6.57. The molecule has 1 aromatic heterocycles. The third-order valence-electron chi connectivity index (χ3n) is 1.43. The Labute approximate surface area is 66.1 Å². The van der Waals surface area contributed by atoms with Crippen molar-refractivity contribution in [1.29, 1.82) is 0 Å². The van der Waals surface area contributed by atoms with Crippen molar-refractivity contribution in [2.45, 2.75) is 25.9 Å². The molecule has 0 radical (unpaired) electrons. The molecule has 0 fully saturated rings. The Bertz CT molecular complexity index is 199. The van der Waals surface area contributed by atoms with E-state index in [1.165, 1.54) is 0 Å². The van der Waals surface area contributed by atoms with Crippen molar-refractivity contribution in [3.05, 3.63) is 24.3 Å². The normalized spacial score (nSPS) is 12.9. The predicted molar refractivity (Wildman–Crippen MR) is 42.0 cm³/mol. The third-order valence-corrected chi connectivity index (χ3v) is 1.43. The van der Waals surface area contributed by atoms with Crippen LogP contribution >= 0.6 is 0 Å². The molecule has 0 spiro atoms. The summed E-state index contributed by atoms with van der Waals surface area (Å²) in [7, 11) is 0. The molecule has 0 aromatic carbocycles. The van der Waals surface area contributed by atoms with Crippen LogP contribution in [0, 0.1) is 0 Å². The van der Waals surface area contributed by atoms with Crippen LogP contribution in [-0.4, -0.2) is 21.2 Å². The van der Waals surface area contributed by atoms with E-state index in [1.807, 2.05) is 0 Å². The quantitative estimate of drug-likeness (QED) is 0.696. The van der Waals surface area contributed by atoms with Gasteiger partial charge in [0.15, 0.2) is 0 Å². The summed E-state index contributed by atoms with van der Waals surface area (Å²) in [5.41, 5.74) is 0.938. The average Bonchev–Trinajstić information content (AvgIpc) is 2.03. The summed E-state index contributed by atoms with van der Waals surface area (Å²) in [5.74, 6) is 0. The van der Waals surface area contributed by atoms with E-state index >= 15 is 0 Å². The molecular weight excluding hydrogens is 140 g/mol. The number of rotatable bonds is 3. The first-order valence-corrected chi connectivity index (χ1v) is 3.72. The van der Waals surface area contributed by atoms with Crippen molar-refractivity contribution >= 4 is 0 Å². The van der Waals surface area contributed by atoms with Crippen LogP contribution in [0.4, 0.5) is 0 Å². The van der Waals surface area contributed by atoms with Crippen LogP contribution in [0.25, 0.3) is 0 Å². The number of hydrogen-bond acceptors (Lipinski definition) is 3. The molecule has 1 atom stereocenters. The van der Waals surface area contributed by atoms with E-state index in [9.17, 15) is 0 Å². The first-order chi connectivity index (χ1) is 5.29. The second-order valence-corrected chi connectivity index (χ2v) is 2.58. The minimum atomic E-state index is -0.253. The molecule has 0 amide bonds. The second kappa shape index (κ2) is 4.03. The Morgan fingerprint density at radius 3 is 2.91 bits per heavy atom. The second-order valence-electron chi connectivity index (χ2n) is 2.58. The SMILES string of the molecule is C[C@H](O)CCc1cnccn1. The summed E-state index contributed by atoms with van der Waals surface area (Å²) >= 11 is 0. The first kappa shape index (κ1) is 8.14. The molecule has 60 valence electrons. The van der Waals surface area contributed by atoms with Gasteiger partial charge < -0.3 is 5.11 Å². The zero-order valence-corrected chi connectivity index (χ0v) is 6.57. The average molecular weight is 152 g/mol. The summed E-state index contributed by atoms with van der Waals surface area (Å²) in [6.07, 6.45) is 6.33. The van der Waals surface area contributed by atoms with Crippen LogP contribution in [0.1, 0.15) is 19.0 Å². The molecule has 11 heavy (non-hydrogen) atoms. The van der Waals surface area contributed by atoms with Gasteiger partial charge in [0.05, 0.1) is 11.8 Å². The standard InChI is InChI=1S/C8H12N2O/c1-7(11)2-3-8-6-9-4-5-10-8/h4-7,11H,2-3H2,1H3/t7-/m0/s1. The maximum atomic E-state index is 8.97. The van der Waals surface area contributed by atoms with E-state index in [2.05, 4.69) is 9.97 Å². The molecule has 0 aliphatic rings. The smallest absolute Gasteiger partial charge is 0.0587 e. The van der Waals surface area contributed by atoms with Gasteiger partial charge >= 0.3 is 0 Å². The maximum absolute atomic E-state index is 8.97. The van der Waals surface area contributed by atoms with Crippen molar-refractivity contribution in [3.8, 4) is 0 Å². The molecule has 0 saturated carbocycles. The van der Waals surface area contributed by atoms with E-state index in [0.29, 0.717) is 0 Å². The Morgan fingerprint density at radius 1 is 1.55 bits per heavy atom.